The molecule has 150 valence electrons. The molecule has 0 radical (unpaired) electrons. The van der Waals surface area contributed by atoms with Crippen LogP contribution in [0, 0.1) is 5.92 Å². The third kappa shape index (κ3) is 3.48. The summed E-state index contributed by atoms with van der Waals surface area (Å²) in [4.78, 5) is 29.6. The highest BCUT2D eigenvalue weighted by Crippen LogP contribution is 2.35. The maximum atomic E-state index is 13.0. The molecule has 3 aliphatic rings. The summed E-state index contributed by atoms with van der Waals surface area (Å²) in [5, 5.41) is 0.653. The number of benzene rings is 2. The summed E-state index contributed by atoms with van der Waals surface area (Å²) in [7, 11) is 0. The van der Waals surface area contributed by atoms with Crippen molar-refractivity contribution in [1.82, 2.24) is 9.80 Å². The lowest BCUT2D eigenvalue weighted by molar-refractivity contribution is -0.135. The molecule has 0 aromatic heterocycles. The Morgan fingerprint density at radius 3 is 2.86 bits per heavy atom. The molecule has 0 N–H and O–H groups in total. The molecule has 0 saturated carbocycles. The van der Waals surface area contributed by atoms with Crippen molar-refractivity contribution in [3.63, 3.8) is 0 Å². The van der Waals surface area contributed by atoms with Crippen molar-refractivity contribution >= 4 is 23.4 Å². The molecule has 0 spiro atoms. The molecule has 6 heteroatoms. The summed E-state index contributed by atoms with van der Waals surface area (Å²) < 4.78 is 5.53. The first-order valence-corrected chi connectivity index (χ1v) is 10.6. The van der Waals surface area contributed by atoms with E-state index in [2.05, 4.69) is 0 Å². The van der Waals surface area contributed by atoms with Gasteiger partial charge in [-0.05, 0) is 47.9 Å². The van der Waals surface area contributed by atoms with Gasteiger partial charge >= 0.3 is 0 Å². The number of hydrogen-bond donors (Lipinski definition) is 0. The van der Waals surface area contributed by atoms with Gasteiger partial charge in [-0.2, -0.15) is 0 Å². The zero-order valence-corrected chi connectivity index (χ0v) is 16.9. The van der Waals surface area contributed by atoms with Gasteiger partial charge in [0.1, 0.15) is 5.75 Å². The largest absolute Gasteiger partial charge is 0.493 e. The van der Waals surface area contributed by atoms with Crippen molar-refractivity contribution in [2.24, 2.45) is 5.92 Å². The smallest absolute Gasteiger partial charge is 0.254 e. The zero-order valence-electron chi connectivity index (χ0n) is 16.1. The molecular weight excluding hydrogens is 388 g/mol. The maximum absolute atomic E-state index is 13.0. The standard InChI is InChI=1S/C23H23ClN2O3/c24-19-3-1-2-15(10-19)11-22(27)25-8-6-20-18(13-25)14-26(20)23(28)17-4-5-21-16(12-17)7-9-29-21/h1-5,10,12,18,20H,6-9,11,13-14H2/t18-,20-/m0/s1. The average molecular weight is 411 g/mol. The summed E-state index contributed by atoms with van der Waals surface area (Å²) >= 11 is 6.02. The van der Waals surface area contributed by atoms with Crippen molar-refractivity contribution in [3.8, 4) is 5.75 Å². The number of carbonyl (C=O) groups is 2. The molecule has 29 heavy (non-hydrogen) atoms. The van der Waals surface area contributed by atoms with Crippen LogP contribution in [0.2, 0.25) is 5.02 Å². The van der Waals surface area contributed by atoms with Gasteiger partial charge in [0.25, 0.3) is 5.91 Å². The van der Waals surface area contributed by atoms with Crippen LogP contribution in [0.4, 0.5) is 0 Å². The monoisotopic (exact) mass is 410 g/mol. The van der Waals surface area contributed by atoms with Crippen LogP contribution in [0.5, 0.6) is 5.75 Å². The van der Waals surface area contributed by atoms with Crippen molar-refractivity contribution in [2.75, 3.05) is 26.2 Å². The van der Waals surface area contributed by atoms with Gasteiger partial charge in [0, 0.05) is 48.6 Å². The Kier molecular flexibility index (Phi) is 4.70. The predicted molar refractivity (Wildman–Crippen MR) is 110 cm³/mol. The summed E-state index contributed by atoms with van der Waals surface area (Å²) in [5.41, 5.74) is 2.80. The van der Waals surface area contributed by atoms with E-state index < -0.39 is 0 Å². The predicted octanol–water partition coefficient (Wildman–Crippen LogP) is 3.19. The second-order valence-corrected chi connectivity index (χ2v) is 8.58. The van der Waals surface area contributed by atoms with Crippen LogP contribution in [0.25, 0.3) is 0 Å². The summed E-state index contributed by atoms with van der Waals surface area (Å²) in [6, 6.07) is 13.4. The van der Waals surface area contributed by atoms with E-state index in [9.17, 15) is 9.59 Å². The van der Waals surface area contributed by atoms with Gasteiger partial charge in [-0.3, -0.25) is 9.59 Å². The van der Waals surface area contributed by atoms with Crippen LogP contribution in [-0.2, 0) is 17.6 Å². The topological polar surface area (TPSA) is 49.9 Å². The van der Waals surface area contributed by atoms with Gasteiger partial charge in [0.2, 0.25) is 5.91 Å². The van der Waals surface area contributed by atoms with Crippen LogP contribution in [-0.4, -0.2) is 53.9 Å². The molecule has 2 amide bonds. The lowest BCUT2D eigenvalue weighted by Gasteiger charge is -2.53. The summed E-state index contributed by atoms with van der Waals surface area (Å²) in [6.45, 7) is 2.84. The minimum absolute atomic E-state index is 0.0969. The molecule has 3 aliphatic heterocycles. The number of piperidine rings is 1. The average Bonchev–Trinajstić information content (AvgIpc) is 3.16. The van der Waals surface area contributed by atoms with Crippen LogP contribution < -0.4 is 4.74 Å². The number of nitrogens with zero attached hydrogens (tertiary/aromatic N) is 2. The highest BCUT2D eigenvalue weighted by atomic mass is 35.5. The summed E-state index contributed by atoms with van der Waals surface area (Å²) in [5.74, 6) is 1.50. The lowest BCUT2D eigenvalue weighted by atomic mass is 9.81. The molecule has 2 fully saturated rings. The van der Waals surface area contributed by atoms with E-state index in [1.54, 1.807) is 0 Å². The van der Waals surface area contributed by atoms with Gasteiger partial charge in [-0.1, -0.05) is 23.7 Å². The van der Waals surface area contributed by atoms with Crippen LogP contribution in [0.3, 0.4) is 0 Å². The first kappa shape index (κ1) is 18.5. The molecular formula is C23H23ClN2O3. The minimum Gasteiger partial charge on any atom is -0.493 e. The number of amides is 2. The number of fused-ring (bicyclic) bond motifs is 2. The van der Waals surface area contributed by atoms with Gasteiger partial charge < -0.3 is 14.5 Å². The molecule has 2 saturated heterocycles. The van der Waals surface area contributed by atoms with Crippen LogP contribution in [0.1, 0.15) is 27.9 Å². The van der Waals surface area contributed by atoms with Crippen molar-refractivity contribution < 1.29 is 14.3 Å². The Bertz CT molecular complexity index is 976. The second kappa shape index (κ2) is 7.38. The molecule has 3 heterocycles. The zero-order chi connectivity index (χ0) is 20.0. The van der Waals surface area contributed by atoms with Crippen molar-refractivity contribution in [2.45, 2.75) is 25.3 Å². The fraction of sp³-hybridized carbons (Fsp3) is 0.391. The molecule has 0 unspecified atom stereocenters. The number of hydrogen-bond acceptors (Lipinski definition) is 3. The molecule has 0 bridgehead atoms. The molecule has 0 aliphatic carbocycles. The number of carbonyl (C=O) groups excluding carboxylic acids is 2. The molecule has 5 nitrogen and oxygen atoms in total. The van der Waals surface area contributed by atoms with E-state index >= 15 is 0 Å². The SMILES string of the molecule is O=C(Cc1cccc(Cl)c1)N1CC[C@H]2[C@@H](C1)CN2C(=O)c1ccc2c(c1)CCO2. The number of halogens is 1. The second-order valence-electron chi connectivity index (χ2n) is 8.14. The Balaban J connectivity index is 1.19. The number of ether oxygens (including phenoxy) is 1. The van der Waals surface area contributed by atoms with Crippen LogP contribution in [0.15, 0.2) is 42.5 Å². The Hall–Kier alpha value is -2.53. The van der Waals surface area contributed by atoms with E-state index in [1.807, 2.05) is 52.3 Å². The molecule has 5 rings (SSSR count). The van der Waals surface area contributed by atoms with Crippen LogP contribution >= 0.6 is 11.6 Å². The van der Waals surface area contributed by atoms with E-state index in [4.69, 9.17) is 16.3 Å². The van der Waals surface area contributed by atoms with Crippen molar-refractivity contribution in [3.05, 3.63) is 64.2 Å². The third-order valence-corrected chi connectivity index (χ3v) is 6.55. The normalized spacial score (nSPS) is 22.4. The van der Waals surface area contributed by atoms with Gasteiger partial charge in [0.15, 0.2) is 0 Å². The first-order valence-electron chi connectivity index (χ1n) is 10.2. The van der Waals surface area contributed by atoms with Gasteiger partial charge in [-0.25, -0.2) is 0 Å². The summed E-state index contributed by atoms with van der Waals surface area (Å²) in [6.07, 6.45) is 2.08. The van der Waals surface area contributed by atoms with Gasteiger partial charge in [-0.15, -0.1) is 0 Å². The molecule has 2 aromatic carbocycles. The van der Waals surface area contributed by atoms with E-state index in [1.165, 1.54) is 0 Å². The van der Waals surface area contributed by atoms with Crippen molar-refractivity contribution in [1.29, 1.82) is 0 Å². The highest BCUT2D eigenvalue weighted by Gasteiger charge is 2.45. The van der Waals surface area contributed by atoms with E-state index in [0.717, 1.165) is 48.4 Å². The fourth-order valence-electron chi connectivity index (χ4n) is 4.74. The lowest BCUT2D eigenvalue weighted by Crippen LogP contribution is -2.65. The van der Waals surface area contributed by atoms with Gasteiger partial charge in [0.05, 0.1) is 13.0 Å². The maximum Gasteiger partial charge on any atom is 0.254 e. The third-order valence-electron chi connectivity index (χ3n) is 6.32. The number of rotatable bonds is 3. The fourth-order valence-corrected chi connectivity index (χ4v) is 4.95. The highest BCUT2D eigenvalue weighted by molar-refractivity contribution is 6.30. The van der Waals surface area contributed by atoms with E-state index in [-0.39, 0.29) is 17.9 Å². The Morgan fingerprint density at radius 2 is 2.03 bits per heavy atom. The first-order chi connectivity index (χ1) is 14.1. The Morgan fingerprint density at radius 1 is 1.14 bits per heavy atom. The quantitative estimate of drug-likeness (QED) is 0.780. The molecule has 2 aromatic rings. The Labute approximate surface area is 175 Å². The number of likely N-dealkylation sites (tertiary alicyclic amines) is 2. The minimum atomic E-state index is 0.0969. The molecule has 2 atom stereocenters. The van der Waals surface area contributed by atoms with E-state index in [0.29, 0.717) is 30.5 Å².